The number of rotatable bonds is 10. The molecule has 0 spiro atoms. The van der Waals surface area contributed by atoms with Gasteiger partial charge < -0.3 is 10.6 Å². The van der Waals surface area contributed by atoms with E-state index in [9.17, 15) is 35.9 Å². The summed E-state index contributed by atoms with van der Waals surface area (Å²) in [6, 6.07) is 11.8. The van der Waals surface area contributed by atoms with Gasteiger partial charge in [-0.05, 0) is 97.7 Å². The zero-order valence-corrected chi connectivity index (χ0v) is 25.7. The molecule has 238 valence electrons. The third-order valence-corrected chi connectivity index (χ3v) is 8.19. The molecule has 0 saturated heterocycles. The summed E-state index contributed by atoms with van der Waals surface area (Å²) in [5.41, 5.74) is -4.20. The lowest BCUT2D eigenvalue weighted by molar-refractivity contribution is -0.139. The van der Waals surface area contributed by atoms with Gasteiger partial charge in [-0.2, -0.15) is 26.3 Å². The molecule has 3 aromatic rings. The first-order chi connectivity index (χ1) is 20.3. The van der Waals surface area contributed by atoms with E-state index in [4.69, 9.17) is 0 Å². The van der Waals surface area contributed by atoms with E-state index in [2.05, 4.69) is 10.6 Å². The summed E-state index contributed by atoms with van der Waals surface area (Å²) in [4.78, 5) is 25.4. The minimum Gasteiger partial charge on any atom is -0.347 e. The molecular formula is C34H38F6N2O2. The summed E-state index contributed by atoms with van der Waals surface area (Å²) in [5.74, 6) is -1.08. The molecule has 44 heavy (non-hydrogen) atoms. The van der Waals surface area contributed by atoms with Crippen molar-refractivity contribution < 1.29 is 35.9 Å². The Balaban J connectivity index is 1.95. The third-order valence-electron chi connectivity index (χ3n) is 8.19. The fourth-order valence-corrected chi connectivity index (χ4v) is 5.18. The van der Waals surface area contributed by atoms with Gasteiger partial charge in [-0.25, -0.2) is 0 Å². The van der Waals surface area contributed by atoms with E-state index < -0.39 is 51.5 Å². The molecule has 0 fully saturated rings. The maximum atomic E-state index is 14.2. The van der Waals surface area contributed by atoms with Crippen LogP contribution in [0.2, 0.25) is 0 Å². The molecule has 0 atom stereocenters. The number of alkyl halides is 6. The second kappa shape index (κ2) is 13.0. The molecule has 0 unspecified atom stereocenters. The van der Waals surface area contributed by atoms with E-state index in [1.807, 2.05) is 41.5 Å². The number of carbonyl (C=O) groups is 2. The third kappa shape index (κ3) is 8.01. The summed E-state index contributed by atoms with van der Waals surface area (Å²) >= 11 is 0. The van der Waals surface area contributed by atoms with Gasteiger partial charge in [-0.3, -0.25) is 9.59 Å². The van der Waals surface area contributed by atoms with Crippen LogP contribution in [-0.4, -0.2) is 17.4 Å². The average molecular weight is 621 g/mol. The van der Waals surface area contributed by atoms with Crippen LogP contribution >= 0.6 is 0 Å². The molecule has 3 aromatic carbocycles. The van der Waals surface area contributed by atoms with Crippen molar-refractivity contribution >= 4 is 17.5 Å². The Morgan fingerprint density at radius 3 is 1.61 bits per heavy atom. The van der Waals surface area contributed by atoms with Crippen LogP contribution in [0.3, 0.4) is 0 Å². The highest BCUT2D eigenvalue weighted by Gasteiger charge is 2.39. The highest BCUT2D eigenvalue weighted by Crippen LogP contribution is 2.45. The number of amides is 2. The van der Waals surface area contributed by atoms with Crippen molar-refractivity contribution in [2.75, 3.05) is 5.32 Å². The standard InChI is InChI=1S/C34H38F6N2O2/c1-7-18-31(4,5)42-30(44)22-12-10-21(11-13-22)29(43)41-24-15-17-26(28(20-24)34(38,39)40)25-16-14-23(32(6,8-2)9-3)19-27(25)33(35,36)37/h10-17,19-20H,7-9,18H2,1-6H3,(H,41,43)(H,42,44). The summed E-state index contributed by atoms with van der Waals surface area (Å²) < 4.78 is 85.3. The molecule has 3 rings (SSSR count). The topological polar surface area (TPSA) is 58.2 Å². The lowest BCUT2D eigenvalue weighted by Gasteiger charge is -2.29. The fourth-order valence-electron chi connectivity index (χ4n) is 5.18. The van der Waals surface area contributed by atoms with Crippen LogP contribution < -0.4 is 10.6 Å². The molecule has 0 saturated carbocycles. The zero-order chi connectivity index (χ0) is 33.1. The molecule has 2 amide bonds. The lowest BCUT2D eigenvalue weighted by Crippen LogP contribution is -2.43. The van der Waals surface area contributed by atoms with Crippen LogP contribution in [-0.2, 0) is 17.8 Å². The van der Waals surface area contributed by atoms with Crippen LogP contribution in [0.5, 0.6) is 0 Å². The average Bonchev–Trinajstić information content (AvgIpc) is 2.95. The number of carbonyl (C=O) groups excluding carboxylic acids is 2. The molecule has 0 bridgehead atoms. The smallest absolute Gasteiger partial charge is 0.347 e. The van der Waals surface area contributed by atoms with Gasteiger partial charge in [0.25, 0.3) is 11.8 Å². The number of anilines is 1. The Bertz CT molecular complexity index is 1490. The van der Waals surface area contributed by atoms with Crippen molar-refractivity contribution in [2.45, 2.75) is 90.5 Å². The van der Waals surface area contributed by atoms with Crippen LogP contribution in [0.4, 0.5) is 32.0 Å². The Hall–Kier alpha value is -3.82. The maximum Gasteiger partial charge on any atom is 0.417 e. The number of halogens is 6. The Kier molecular flexibility index (Phi) is 10.3. The zero-order valence-electron chi connectivity index (χ0n) is 25.7. The first kappa shape index (κ1) is 34.7. The number of nitrogens with one attached hydrogen (secondary N) is 2. The van der Waals surface area contributed by atoms with Crippen molar-refractivity contribution in [3.63, 3.8) is 0 Å². The van der Waals surface area contributed by atoms with E-state index in [-0.39, 0.29) is 17.2 Å². The predicted molar refractivity (Wildman–Crippen MR) is 161 cm³/mol. The molecule has 0 aliphatic rings. The van der Waals surface area contributed by atoms with Crippen LogP contribution in [0, 0.1) is 0 Å². The Labute approximate surface area is 254 Å². The number of hydrogen-bond acceptors (Lipinski definition) is 2. The van der Waals surface area contributed by atoms with Gasteiger partial charge in [0.2, 0.25) is 0 Å². The summed E-state index contributed by atoms with van der Waals surface area (Å²) in [7, 11) is 0. The van der Waals surface area contributed by atoms with Crippen molar-refractivity contribution in [2.24, 2.45) is 0 Å². The first-order valence-corrected chi connectivity index (χ1v) is 14.5. The largest absolute Gasteiger partial charge is 0.417 e. The summed E-state index contributed by atoms with van der Waals surface area (Å²) in [6.07, 6.45) is -7.18. The number of hydrogen-bond donors (Lipinski definition) is 2. The summed E-state index contributed by atoms with van der Waals surface area (Å²) in [6.45, 7) is 11.3. The second-order valence-corrected chi connectivity index (χ2v) is 11.9. The van der Waals surface area contributed by atoms with Gasteiger partial charge in [0.15, 0.2) is 0 Å². The van der Waals surface area contributed by atoms with E-state index in [1.165, 1.54) is 30.3 Å². The van der Waals surface area contributed by atoms with Gasteiger partial charge in [0.1, 0.15) is 0 Å². The maximum absolute atomic E-state index is 14.2. The molecular weight excluding hydrogens is 582 g/mol. The van der Waals surface area contributed by atoms with Gasteiger partial charge in [0.05, 0.1) is 11.1 Å². The van der Waals surface area contributed by atoms with Crippen LogP contribution in [0.15, 0.2) is 60.7 Å². The molecule has 0 aliphatic heterocycles. The van der Waals surface area contributed by atoms with Gasteiger partial charge >= 0.3 is 12.4 Å². The normalized spacial score (nSPS) is 12.6. The molecule has 4 nitrogen and oxygen atoms in total. The quantitative estimate of drug-likeness (QED) is 0.222. The van der Waals surface area contributed by atoms with E-state index in [0.717, 1.165) is 37.1 Å². The highest BCUT2D eigenvalue weighted by molar-refractivity contribution is 6.05. The van der Waals surface area contributed by atoms with Crippen molar-refractivity contribution in [1.29, 1.82) is 0 Å². The Morgan fingerprint density at radius 1 is 0.659 bits per heavy atom. The predicted octanol–water partition coefficient (Wildman–Crippen LogP) is 10.0. The first-order valence-electron chi connectivity index (χ1n) is 14.5. The molecule has 2 N–H and O–H groups in total. The minimum absolute atomic E-state index is 0.0804. The van der Waals surface area contributed by atoms with E-state index in [0.29, 0.717) is 30.0 Å². The van der Waals surface area contributed by atoms with Gasteiger partial charge in [-0.1, -0.05) is 52.3 Å². The Morgan fingerprint density at radius 2 is 1.14 bits per heavy atom. The summed E-state index contributed by atoms with van der Waals surface area (Å²) in [5, 5.41) is 5.29. The SMILES string of the molecule is CCCC(C)(C)NC(=O)c1ccc(C(=O)Nc2ccc(-c3ccc(C(C)(CC)CC)cc3C(F)(F)F)c(C(F)(F)F)c2)cc1. The van der Waals surface area contributed by atoms with Gasteiger partial charge in [0, 0.05) is 22.4 Å². The van der Waals surface area contributed by atoms with Crippen LogP contribution in [0.1, 0.15) is 105 Å². The molecule has 10 heteroatoms. The number of benzene rings is 3. The van der Waals surface area contributed by atoms with Crippen LogP contribution in [0.25, 0.3) is 11.1 Å². The molecule has 0 aromatic heterocycles. The minimum atomic E-state index is -5.01. The molecule has 0 aliphatic carbocycles. The van der Waals surface area contributed by atoms with E-state index >= 15 is 0 Å². The van der Waals surface area contributed by atoms with Crippen molar-refractivity contribution in [3.05, 3.63) is 88.5 Å². The fraction of sp³-hybridized carbons (Fsp3) is 0.412. The van der Waals surface area contributed by atoms with Crippen molar-refractivity contribution in [3.8, 4) is 11.1 Å². The van der Waals surface area contributed by atoms with Gasteiger partial charge in [-0.15, -0.1) is 0 Å². The monoisotopic (exact) mass is 620 g/mol. The molecule has 0 radical (unpaired) electrons. The van der Waals surface area contributed by atoms with E-state index in [1.54, 1.807) is 0 Å². The molecule has 0 heterocycles. The second-order valence-electron chi connectivity index (χ2n) is 11.9. The van der Waals surface area contributed by atoms with Crippen molar-refractivity contribution in [1.82, 2.24) is 5.32 Å². The lowest BCUT2D eigenvalue weighted by atomic mass is 9.76. The highest BCUT2D eigenvalue weighted by atomic mass is 19.4.